The maximum Gasteiger partial charge on any atom is 0.334 e. The largest absolute Gasteiger partial charge is 0.458 e. The van der Waals surface area contributed by atoms with Gasteiger partial charge in [-0.15, -0.1) is 0 Å². The van der Waals surface area contributed by atoms with Crippen molar-refractivity contribution in [3.63, 3.8) is 0 Å². The van der Waals surface area contributed by atoms with Crippen LogP contribution in [0.2, 0.25) is 0 Å². The second-order valence-corrected chi connectivity index (χ2v) is 12.2. The van der Waals surface area contributed by atoms with Gasteiger partial charge in [0.25, 0.3) is 0 Å². The third kappa shape index (κ3) is 3.80. The molecule has 204 valence electrons. The minimum absolute atomic E-state index is 0.0129. The first kappa shape index (κ1) is 27.8. The molecule has 0 amide bonds. The maximum atomic E-state index is 12.9. The van der Waals surface area contributed by atoms with Crippen LogP contribution in [0.25, 0.3) is 0 Å². The van der Waals surface area contributed by atoms with Crippen molar-refractivity contribution in [1.29, 1.82) is 0 Å². The van der Waals surface area contributed by atoms with Crippen molar-refractivity contribution in [2.24, 2.45) is 34.5 Å². The summed E-state index contributed by atoms with van der Waals surface area (Å²) < 4.78 is 11.4. The van der Waals surface area contributed by atoms with Crippen LogP contribution < -0.4 is 0 Å². The number of carbonyl (C=O) groups excluding carboxylic acids is 2. The second kappa shape index (κ2) is 9.21. The molecular formula is C30H42O7. The summed E-state index contributed by atoms with van der Waals surface area (Å²) in [6.45, 7) is 14.6. The van der Waals surface area contributed by atoms with Gasteiger partial charge in [-0.25, -0.2) is 9.59 Å². The SMILES string of the molecule is C/C=C(/C)C(=O)OCC1=C[C@@H]2C(O)[C@]3(C=C(C)[C@H](OC(=O)/C(C)=C\C)[C@@]3(O)[C@@H]1O)[C@H](C)C[C@@H]1[C@H]2C1(C)C. The fourth-order valence-electron chi connectivity index (χ4n) is 7.59. The standard InChI is InChI=1S/C30H42O7/c1-9-15(3)26(33)36-14-19-12-20-22-21(28(22,7)8)11-18(6)29(24(20)32)13-17(5)25(30(29,35)23(19)31)37-27(34)16(4)10-2/h9-10,12-13,18,20-25,31-32,35H,11,14H2,1-8H3/b15-9-,16-10-/t18-,20+,21-,22+,23-,24?,25+,29+,30+/m1/s1. The van der Waals surface area contributed by atoms with E-state index in [9.17, 15) is 24.9 Å². The first-order valence-electron chi connectivity index (χ1n) is 13.3. The Balaban J connectivity index is 1.85. The molecule has 0 aromatic carbocycles. The molecule has 1 unspecified atom stereocenters. The zero-order valence-corrected chi connectivity index (χ0v) is 23.2. The summed E-state index contributed by atoms with van der Waals surface area (Å²) in [5.41, 5.74) is -1.62. The highest BCUT2D eigenvalue weighted by Gasteiger charge is 2.76. The molecule has 4 aliphatic rings. The Bertz CT molecular complexity index is 1110. The fourth-order valence-corrected chi connectivity index (χ4v) is 7.59. The number of allylic oxidation sites excluding steroid dienone is 2. The van der Waals surface area contributed by atoms with Crippen molar-refractivity contribution in [2.45, 2.75) is 85.7 Å². The second-order valence-electron chi connectivity index (χ2n) is 12.2. The van der Waals surface area contributed by atoms with E-state index in [1.165, 1.54) is 0 Å². The molecule has 7 nitrogen and oxygen atoms in total. The van der Waals surface area contributed by atoms with Gasteiger partial charge in [0.2, 0.25) is 0 Å². The minimum Gasteiger partial charge on any atom is -0.458 e. The summed E-state index contributed by atoms with van der Waals surface area (Å²) in [5.74, 6) is -1.24. The Hall–Kier alpha value is -2.22. The number of hydrogen-bond donors (Lipinski definition) is 3. The zero-order valence-electron chi connectivity index (χ0n) is 23.2. The molecule has 0 heterocycles. The highest BCUT2D eigenvalue weighted by molar-refractivity contribution is 5.88. The van der Waals surface area contributed by atoms with E-state index in [2.05, 4.69) is 13.8 Å². The van der Waals surface area contributed by atoms with E-state index in [-0.39, 0.29) is 29.8 Å². The highest BCUT2D eigenvalue weighted by Crippen LogP contribution is 2.72. The van der Waals surface area contributed by atoms with E-state index in [0.29, 0.717) is 28.2 Å². The van der Waals surface area contributed by atoms with Crippen molar-refractivity contribution >= 4 is 11.9 Å². The number of hydrogen-bond acceptors (Lipinski definition) is 7. The van der Waals surface area contributed by atoms with Crippen LogP contribution in [0.1, 0.15) is 61.8 Å². The van der Waals surface area contributed by atoms with Gasteiger partial charge in [0.05, 0.1) is 11.5 Å². The van der Waals surface area contributed by atoms with E-state index < -0.39 is 41.3 Å². The molecule has 2 fully saturated rings. The summed E-state index contributed by atoms with van der Waals surface area (Å²) in [5, 5.41) is 36.7. The molecule has 4 rings (SSSR count). The molecular weight excluding hydrogens is 472 g/mol. The van der Waals surface area contributed by atoms with Crippen LogP contribution in [0.5, 0.6) is 0 Å². The highest BCUT2D eigenvalue weighted by atomic mass is 16.6. The van der Waals surface area contributed by atoms with Gasteiger partial charge in [0.1, 0.15) is 18.3 Å². The number of aliphatic hydroxyl groups excluding tert-OH is 2. The molecule has 7 heteroatoms. The first-order chi connectivity index (χ1) is 17.2. The normalized spacial score (nSPS) is 42.4. The van der Waals surface area contributed by atoms with Crippen LogP contribution in [0.3, 0.4) is 0 Å². The number of ether oxygens (including phenoxy) is 2. The lowest BCUT2D eigenvalue weighted by molar-refractivity contribution is -0.223. The summed E-state index contributed by atoms with van der Waals surface area (Å²) in [6.07, 6.45) is 3.93. The van der Waals surface area contributed by atoms with Crippen LogP contribution in [0.4, 0.5) is 0 Å². The van der Waals surface area contributed by atoms with Gasteiger partial charge >= 0.3 is 11.9 Å². The van der Waals surface area contributed by atoms with Gasteiger partial charge < -0.3 is 24.8 Å². The van der Waals surface area contributed by atoms with Crippen LogP contribution in [-0.4, -0.2) is 57.8 Å². The number of esters is 2. The lowest BCUT2D eigenvalue weighted by Gasteiger charge is -2.52. The number of carbonyl (C=O) groups is 2. The fraction of sp³-hybridized carbons (Fsp3) is 0.667. The molecule has 2 saturated carbocycles. The number of rotatable bonds is 5. The van der Waals surface area contributed by atoms with E-state index in [1.54, 1.807) is 46.8 Å². The Morgan fingerprint density at radius 2 is 1.70 bits per heavy atom. The summed E-state index contributed by atoms with van der Waals surface area (Å²) >= 11 is 0. The van der Waals surface area contributed by atoms with Crippen LogP contribution >= 0.6 is 0 Å². The lowest BCUT2D eigenvalue weighted by Crippen LogP contribution is -2.67. The first-order valence-corrected chi connectivity index (χ1v) is 13.3. The quantitative estimate of drug-likeness (QED) is 0.292. The van der Waals surface area contributed by atoms with E-state index >= 15 is 0 Å². The average Bonchev–Trinajstić information content (AvgIpc) is 3.35. The average molecular weight is 515 g/mol. The minimum atomic E-state index is -2.05. The van der Waals surface area contributed by atoms with Gasteiger partial charge in [-0.05, 0) is 75.4 Å². The molecule has 3 N–H and O–H groups in total. The topological polar surface area (TPSA) is 113 Å². The van der Waals surface area contributed by atoms with Crippen molar-refractivity contribution in [3.05, 3.63) is 46.6 Å². The van der Waals surface area contributed by atoms with Crippen LogP contribution in [0.15, 0.2) is 46.6 Å². The Kier molecular flexibility index (Phi) is 6.92. The lowest BCUT2D eigenvalue weighted by atomic mass is 9.58. The van der Waals surface area contributed by atoms with Gasteiger partial charge in [-0.3, -0.25) is 0 Å². The van der Waals surface area contributed by atoms with E-state index in [1.807, 2.05) is 19.1 Å². The van der Waals surface area contributed by atoms with Crippen LogP contribution in [-0.2, 0) is 19.1 Å². The zero-order chi connectivity index (χ0) is 27.7. The summed E-state index contributed by atoms with van der Waals surface area (Å²) in [4.78, 5) is 25.3. The van der Waals surface area contributed by atoms with Gasteiger partial charge in [0.15, 0.2) is 6.10 Å². The molecule has 37 heavy (non-hydrogen) atoms. The molecule has 1 spiro atoms. The Morgan fingerprint density at radius 1 is 1.11 bits per heavy atom. The molecule has 9 atom stereocenters. The summed E-state index contributed by atoms with van der Waals surface area (Å²) in [6, 6.07) is 0. The van der Waals surface area contributed by atoms with Gasteiger partial charge in [-0.1, -0.05) is 45.1 Å². The Labute approximate surface area is 219 Å². The molecule has 4 aliphatic carbocycles. The van der Waals surface area contributed by atoms with Crippen molar-refractivity contribution < 1.29 is 34.4 Å². The van der Waals surface area contributed by atoms with Crippen molar-refractivity contribution in [3.8, 4) is 0 Å². The molecule has 0 aliphatic heterocycles. The van der Waals surface area contributed by atoms with Crippen molar-refractivity contribution in [1.82, 2.24) is 0 Å². The van der Waals surface area contributed by atoms with E-state index in [0.717, 1.165) is 6.42 Å². The molecule has 2 bridgehead atoms. The van der Waals surface area contributed by atoms with Crippen molar-refractivity contribution in [2.75, 3.05) is 6.61 Å². The monoisotopic (exact) mass is 514 g/mol. The van der Waals surface area contributed by atoms with Gasteiger partial charge in [-0.2, -0.15) is 0 Å². The van der Waals surface area contributed by atoms with Crippen LogP contribution in [0, 0.1) is 34.5 Å². The molecule has 0 aromatic rings. The number of fused-ring (bicyclic) bond motifs is 3. The maximum absolute atomic E-state index is 12.9. The smallest absolute Gasteiger partial charge is 0.334 e. The van der Waals surface area contributed by atoms with E-state index in [4.69, 9.17) is 9.47 Å². The number of aliphatic hydroxyl groups is 3. The third-order valence-electron chi connectivity index (χ3n) is 10.1. The molecule has 0 saturated heterocycles. The predicted molar refractivity (Wildman–Crippen MR) is 139 cm³/mol. The third-order valence-corrected chi connectivity index (χ3v) is 10.1. The molecule has 0 radical (unpaired) electrons. The predicted octanol–water partition coefficient (Wildman–Crippen LogP) is 3.64. The Morgan fingerprint density at radius 3 is 2.30 bits per heavy atom. The molecule has 0 aromatic heterocycles. The van der Waals surface area contributed by atoms with Gasteiger partial charge in [0, 0.05) is 17.1 Å². The summed E-state index contributed by atoms with van der Waals surface area (Å²) in [7, 11) is 0.